The van der Waals surface area contributed by atoms with Gasteiger partial charge in [-0.25, -0.2) is 0 Å². The molecule has 0 saturated carbocycles. The van der Waals surface area contributed by atoms with Gasteiger partial charge in [0.25, 0.3) is 0 Å². The van der Waals surface area contributed by atoms with E-state index in [0.717, 1.165) is 52.1 Å². The van der Waals surface area contributed by atoms with Gasteiger partial charge in [-0.2, -0.15) is 0 Å². The van der Waals surface area contributed by atoms with E-state index in [-0.39, 0.29) is 12.1 Å². The van der Waals surface area contributed by atoms with E-state index >= 15 is 0 Å². The summed E-state index contributed by atoms with van der Waals surface area (Å²) in [5.74, 6) is -1.06. The molecule has 0 aliphatic heterocycles. The van der Waals surface area contributed by atoms with Crippen LogP contribution in [0.1, 0.15) is 54.4 Å². The van der Waals surface area contributed by atoms with Crippen LogP contribution in [0.25, 0.3) is 0 Å². The normalized spacial score (nSPS) is 13.8. The maximum Gasteiger partial charge on any atom is 0.309 e. The third-order valence-electron chi connectivity index (χ3n) is 4.51. The standard InChI is InChI=1S/C18H38N4O2/c1-7-21(8-2)13-11-15(5)19-17(23)18(24)20-16(6)12-14-22(9-3)10-4/h15-16H,7-14H2,1-6H3,(H,19,23)(H,20,24). The van der Waals surface area contributed by atoms with E-state index in [9.17, 15) is 9.59 Å². The Morgan fingerprint density at radius 3 is 1.25 bits per heavy atom. The van der Waals surface area contributed by atoms with Crippen LogP contribution in [-0.4, -0.2) is 73.0 Å². The summed E-state index contributed by atoms with van der Waals surface area (Å²) in [5.41, 5.74) is 0. The highest BCUT2D eigenvalue weighted by atomic mass is 16.2. The van der Waals surface area contributed by atoms with E-state index in [2.05, 4.69) is 48.1 Å². The molecule has 2 amide bonds. The zero-order valence-electron chi connectivity index (χ0n) is 16.5. The fraction of sp³-hybridized carbons (Fsp3) is 0.889. The molecule has 142 valence electrons. The average Bonchev–Trinajstić information content (AvgIpc) is 2.56. The van der Waals surface area contributed by atoms with Crippen molar-refractivity contribution in [2.75, 3.05) is 39.3 Å². The molecule has 24 heavy (non-hydrogen) atoms. The van der Waals surface area contributed by atoms with E-state index in [1.807, 2.05) is 13.8 Å². The minimum atomic E-state index is -0.531. The Hall–Kier alpha value is -1.14. The Morgan fingerprint density at radius 1 is 0.708 bits per heavy atom. The maximum atomic E-state index is 12.0. The first-order chi connectivity index (χ1) is 11.4. The van der Waals surface area contributed by atoms with Gasteiger partial charge in [0.2, 0.25) is 0 Å². The summed E-state index contributed by atoms with van der Waals surface area (Å²) in [6, 6.07) is -0.00957. The Balaban J connectivity index is 4.11. The summed E-state index contributed by atoms with van der Waals surface area (Å²) < 4.78 is 0. The number of nitrogens with zero attached hydrogens (tertiary/aromatic N) is 2. The minimum absolute atomic E-state index is 0.00479. The van der Waals surface area contributed by atoms with Crippen molar-refractivity contribution in [1.82, 2.24) is 20.4 Å². The first-order valence-electron chi connectivity index (χ1n) is 9.43. The quantitative estimate of drug-likeness (QED) is 0.527. The van der Waals surface area contributed by atoms with Crippen LogP contribution in [-0.2, 0) is 9.59 Å². The van der Waals surface area contributed by atoms with Crippen molar-refractivity contribution < 1.29 is 9.59 Å². The second-order valence-corrected chi connectivity index (χ2v) is 6.38. The minimum Gasteiger partial charge on any atom is -0.345 e. The molecule has 0 saturated heterocycles. The fourth-order valence-corrected chi connectivity index (χ4v) is 2.56. The molecule has 0 aliphatic rings. The van der Waals surface area contributed by atoms with Crippen molar-refractivity contribution in [1.29, 1.82) is 0 Å². The predicted molar refractivity (Wildman–Crippen MR) is 100 cm³/mol. The van der Waals surface area contributed by atoms with Gasteiger partial charge >= 0.3 is 11.8 Å². The van der Waals surface area contributed by atoms with Crippen molar-refractivity contribution in [2.45, 2.75) is 66.5 Å². The highest BCUT2D eigenvalue weighted by Crippen LogP contribution is 1.98. The maximum absolute atomic E-state index is 12.0. The summed E-state index contributed by atoms with van der Waals surface area (Å²) in [6.07, 6.45) is 1.69. The lowest BCUT2D eigenvalue weighted by Crippen LogP contribution is -2.47. The molecule has 6 nitrogen and oxygen atoms in total. The van der Waals surface area contributed by atoms with Crippen LogP contribution in [0.3, 0.4) is 0 Å². The van der Waals surface area contributed by atoms with Gasteiger partial charge < -0.3 is 20.4 Å². The monoisotopic (exact) mass is 342 g/mol. The van der Waals surface area contributed by atoms with Crippen molar-refractivity contribution in [3.05, 3.63) is 0 Å². The molecular weight excluding hydrogens is 304 g/mol. The van der Waals surface area contributed by atoms with Gasteiger partial charge in [0, 0.05) is 25.2 Å². The number of hydrogen-bond donors (Lipinski definition) is 2. The van der Waals surface area contributed by atoms with Gasteiger partial charge in [0.05, 0.1) is 0 Å². The van der Waals surface area contributed by atoms with E-state index in [0.29, 0.717) is 0 Å². The molecule has 0 aromatic rings. The number of amides is 2. The number of carbonyl (C=O) groups excluding carboxylic acids is 2. The third-order valence-corrected chi connectivity index (χ3v) is 4.51. The Kier molecular flexibility index (Phi) is 12.6. The second-order valence-electron chi connectivity index (χ2n) is 6.38. The number of nitrogens with one attached hydrogen (secondary N) is 2. The van der Waals surface area contributed by atoms with Crippen molar-refractivity contribution in [3.8, 4) is 0 Å². The molecular formula is C18H38N4O2. The topological polar surface area (TPSA) is 64.7 Å². The molecule has 0 fully saturated rings. The van der Waals surface area contributed by atoms with E-state index < -0.39 is 11.8 Å². The highest BCUT2D eigenvalue weighted by Gasteiger charge is 2.18. The van der Waals surface area contributed by atoms with Crippen molar-refractivity contribution >= 4 is 11.8 Å². The van der Waals surface area contributed by atoms with Gasteiger partial charge in [-0.3, -0.25) is 9.59 Å². The molecule has 2 N–H and O–H groups in total. The fourth-order valence-electron chi connectivity index (χ4n) is 2.56. The molecule has 0 bridgehead atoms. The van der Waals surface area contributed by atoms with E-state index in [1.165, 1.54) is 0 Å². The molecule has 0 heterocycles. The number of hydrogen-bond acceptors (Lipinski definition) is 4. The summed E-state index contributed by atoms with van der Waals surface area (Å²) in [5, 5.41) is 5.58. The predicted octanol–water partition coefficient (Wildman–Crippen LogP) is 1.46. The lowest BCUT2D eigenvalue weighted by molar-refractivity contribution is -0.140. The molecule has 0 aliphatic carbocycles. The molecule has 0 aromatic heterocycles. The van der Waals surface area contributed by atoms with Crippen molar-refractivity contribution in [3.63, 3.8) is 0 Å². The van der Waals surface area contributed by atoms with Crippen LogP contribution < -0.4 is 10.6 Å². The zero-order chi connectivity index (χ0) is 18.5. The van der Waals surface area contributed by atoms with Gasteiger partial charge in [-0.05, 0) is 52.9 Å². The Morgan fingerprint density at radius 2 is 1.00 bits per heavy atom. The lowest BCUT2D eigenvalue weighted by atomic mass is 10.2. The first-order valence-corrected chi connectivity index (χ1v) is 9.43. The van der Waals surface area contributed by atoms with Gasteiger partial charge in [0.15, 0.2) is 0 Å². The van der Waals surface area contributed by atoms with E-state index in [1.54, 1.807) is 0 Å². The molecule has 0 rings (SSSR count). The van der Waals surface area contributed by atoms with Crippen LogP contribution in [0.2, 0.25) is 0 Å². The highest BCUT2D eigenvalue weighted by molar-refractivity contribution is 6.35. The Bertz CT molecular complexity index is 321. The SMILES string of the molecule is CCN(CC)CCC(C)NC(=O)C(=O)NC(C)CCN(CC)CC. The third kappa shape index (κ3) is 9.88. The molecule has 0 aromatic carbocycles. The van der Waals surface area contributed by atoms with Crippen LogP contribution in [0.4, 0.5) is 0 Å². The summed E-state index contributed by atoms with van der Waals surface area (Å²) in [7, 11) is 0. The Labute approximate surface area is 148 Å². The summed E-state index contributed by atoms with van der Waals surface area (Å²) >= 11 is 0. The van der Waals surface area contributed by atoms with Gasteiger partial charge in [-0.15, -0.1) is 0 Å². The molecule has 2 atom stereocenters. The number of rotatable bonds is 12. The van der Waals surface area contributed by atoms with Crippen LogP contribution in [0.5, 0.6) is 0 Å². The van der Waals surface area contributed by atoms with Gasteiger partial charge in [-0.1, -0.05) is 27.7 Å². The van der Waals surface area contributed by atoms with Gasteiger partial charge in [0.1, 0.15) is 0 Å². The average molecular weight is 343 g/mol. The van der Waals surface area contributed by atoms with Crippen LogP contribution in [0, 0.1) is 0 Å². The molecule has 0 spiro atoms. The summed E-state index contributed by atoms with van der Waals surface area (Å²) in [4.78, 5) is 28.6. The number of carbonyl (C=O) groups is 2. The second kappa shape index (κ2) is 13.2. The first kappa shape index (κ1) is 22.9. The van der Waals surface area contributed by atoms with Crippen LogP contribution in [0.15, 0.2) is 0 Å². The van der Waals surface area contributed by atoms with Crippen molar-refractivity contribution in [2.24, 2.45) is 0 Å². The van der Waals surface area contributed by atoms with E-state index in [4.69, 9.17) is 0 Å². The molecule has 2 unspecified atom stereocenters. The largest absolute Gasteiger partial charge is 0.345 e. The van der Waals surface area contributed by atoms with Crippen LogP contribution >= 0.6 is 0 Å². The zero-order valence-corrected chi connectivity index (χ0v) is 16.5. The summed E-state index contributed by atoms with van der Waals surface area (Å²) in [6.45, 7) is 18.2. The lowest BCUT2D eigenvalue weighted by Gasteiger charge is -2.22. The molecule has 6 heteroatoms. The molecule has 0 radical (unpaired) electrons. The smallest absolute Gasteiger partial charge is 0.309 e.